The van der Waals surface area contributed by atoms with Gasteiger partial charge < -0.3 is 10.3 Å². The van der Waals surface area contributed by atoms with Crippen molar-refractivity contribution in [1.82, 2.24) is 4.98 Å². The van der Waals surface area contributed by atoms with Gasteiger partial charge in [-0.2, -0.15) is 11.8 Å². The normalized spacial score (nSPS) is 19.7. The van der Waals surface area contributed by atoms with E-state index in [1.54, 1.807) is 0 Å². The Bertz CT molecular complexity index is 456. The van der Waals surface area contributed by atoms with E-state index in [1.165, 1.54) is 12.1 Å². The monoisotopic (exact) mass is 269 g/mol. The molecule has 3 N–H and O–H groups in total. The molecular formula is C10H15N5O2S. The molecule has 0 radical (unpaired) electrons. The summed E-state index contributed by atoms with van der Waals surface area (Å²) in [5.74, 6) is 7.20. The van der Waals surface area contributed by atoms with Crippen LogP contribution < -0.4 is 16.2 Å². The van der Waals surface area contributed by atoms with Gasteiger partial charge in [-0.15, -0.1) is 0 Å². The molecule has 0 bridgehead atoms. The number of nitrogen functional groups attached to an aromatic ring is 1. The molecular weight excluding hydrogens is 254 g/mol. The first-order chi connectivity index (χ1) is 8.60. The molecule has 1 atom stereocenters. The van der Waals surface area contributed by atoms with Gasteiger partial charge in [-0.25, -0.2) is 10.8 Å². The van der Waals surface area contributed by atoms with E-state index in [4.69, 9.17) is 5.84 Å². The molecule has 1 aliphatic rings. The van der Waals surface area contributed by atoms with Crippen LogP contribution in [0.25, 0.3) is 0 Å². The molecule has 1 fully saturated rings. The standard InChI is InChI=1S/C10H15N5O2S/c1-7-6-14(2-3-18-7)10-5-8(15(16)17)4-9(12-10)13-11/h4-5,7H,2-3,6,11H2,1H3,(H,12,13). The fourth-order valence-electron chi connectivity index (χ4n) is 1.87. The topological polar surface area (TPSA) is 97.3 Å². The van der Waals surface area contributed by atoms with Crippen molar-refractivity contribution in [2.24, 2.45) is 5.84 Å². The third-order valence-electron chi connectivity index (χ3n) is 2.72. The number of nitro groups is 1. The van der Waals surface area contributed by atoms with E-state index in [1.807, 2.05) is 11.8 Å². The van der Waals surface area contributed by atoms with Crippen LogP contribution in [-0.2, 0) is 0 Å². The minimum atomic E-state index is -0.436. The van der Waals surface area contributed by atoms with Crippen molar-refractivity contribution in [1.29, 1.82) is 0 Å². The molecule has 0 aromatic carbocycles. The molecule has 0 amide bonds. The molecule has 1 aliphatic heterocycles. The maximum absolute atomic E-state index is 10.9. The predicted octanol–water partition coefficient (Wildman–Crippen LogP) is 1.22. The van der Waals surface area contributed by atoms with Crippen LogP contribution in [0.5, 0.6) is 0 Å². The highest BCUT2D eigenvalue weighted by molar-refractivity contribution is 8.00. The van der Waals surface area contributed by atoms with Crippen molar-refractivity contribution in [3.05, 3.63) is 22.2 Å². The minimum absolute atomic E-state index is 0.00108. The highest BCUT2D eigenvalue weighted by Crippen LogP contribution is 2.27. The van der Waals surface area contributed by atoms with Crippen molar-refractivity contribution in [2.75, 3.05) is 29.2 Å². The number of nitrogens with one attached hydrogen (secondary N) is 1. The van der Waals surface area contributed by atoms with Crippen LogP contribution in [0.1, 0.15) is 6.92 Å². The number of nitrogens with zero attached hydrogens (tertiary/aromatic N) is 3. The second-order valence-corrected chi connectivity index (χ2v) is 5.64. The van der Waals surface area contributed by atoms with Crippen LogP contribution in [0.4, 0.5) is 17.3 Å². The van der Waals surface area contributed by atoms with E-state index in [0.717, 1.165) is 18.8 Å². The number of pyridine rings is 1. The Morgan fingerprint density at radius 1 is 1.67 bits per heavy atom. The Morgan fingerprint density at radius 3 is 3.06 bits per heavy atom. The summed E-state index contributed by atoms with van der Waals surface area (Å²) in [4.78, 5) is 16.7. The summed E-state index contributed by atoms with van der Waals surface area (Å²) in [5.41, 5.74) is 2.36. The average molecular weight is 269 g/mol. The fourth-order valence-corrected chi connectivity index (χ4v) is 2.88. The molecule has 0 spiro atoms. The van der Waals surface area contributed by atoms with Gasteiger partial charge in [-0.3, -0.25) is 10.1 Å². The van der Waals surface area contributed by atoms with E-state index in [9.17, 15) is 10.1 Å². The molecule has 98 valence electrons. The van der Waals surface area contributed by atoms with Crippen molar-refractivity contribution in [2.45, 2.75) is 12.2 Å². The number of anilines is 2. The lowest BCUT2D eigenvalue weighted by Crippen LogP contribution is -2.37. The van der Waals surface area contributed by atoms with Crippen LogP contribution in [-0.4, -0.2) is 34.0 Å². The molecule has 2 rings (SSSR count). The number of hydrogen-bond acceptors (Lipinski definition) is 7. The fraction of sp³-hybridized carbons (Fsp3) is 0.500. The quantitative estimate of drug-likeness (QED) is 0.483. The Hall–Kier alpha value is -1.54. The van der Waals surface area contributed by atoms with E-state index < -0.39 is 4.92 Å². The largest absolute Gasteiger partial charge is 0.354 e. The van der Waals surface area contributed by atoms with Gasteiger partial charge in [0.05, 0.1) is 17.1 Å². The first-order valence-corrected chi connectivity index (χ1v) is 6.64. The first kappa shape index (κ1) is 12.9. The summed E-state index contributed by atoms with van der Waals surface area (Å²) in [5, 5.41) is 11.3. The van der Waals surface area contributed by atoms with E-state index >= 15 is 0 Å². The summed E-state index contributed by atoms with van der Waals surface area (Å²) in [7, 11) is 0. The lowest BCUT2D eigenvalue weighted by molar-refractivity contribution is -0.384. The summed E-state index contributed by atoms with van der Waals surface area (Å²) < 4.78 is 0. The molecule has 0 aliphatic carbocycles. The lowest BCUT2D eigenvalue weighted by Gasteiger charge is -2.31. The van der Waals surface area contributed by atoms with Crippen LogP contribution >= 0.6 is 11.8 Å². The SMILES string of the molecule is CC1CN(c2cc([N+](=O)[O-])cc(NN)n2)CCS1. The number of rotatable bonds is 3. The minimum Gasteiger partial charge on any atom is -0.354 e. The smallest absolute Gasteiger partial charge is 0.276 e. The maximum Gasteiger partial charge on any atom is 0.276 e. The van der Waals surface area contributed by atoms with Gasteiger partial charge in [0.1, 0.15) is 11.6 Å². The average Bonchev–Trinajstić information content (AvgIpc) is 2.38. The van der Waals surface area contributed by atoms with E-state index in [0.29, 0.717) is 16.9 Å². The van der Waals surface area contributed by atoms with Gasteiger partial charge in [0.25, 0.3) is 5.69 Å². The van der Waals surface area contributed by atoms with Crippen molar-refractivity contribution >= 4 is 29.1 Å². The molecule has 0 saturated carbocycles. The second kappa shape index (κ2) is 5.40. The first-order valence-electron chi connectivity index (χ1n) is 5.60. The summed E-state index contributed by atoms with van der Waals surface area (Å²) in [6, 6.07) is 2.81. The summed E-state index contributed by atoms with van der Waals surface area (Å²) in [6.07, 6.45) is 0. The predicted molar refractivity (Wildman–Crippen MR) is 72.8 cm³/mol. The third-order valence-corrected chi connectivity index (χ3v) is 3.86. The summed E-state index contributed by atoms with van der Waals surface area (Å²) in [6.45, 7) is 3.81. The zero-order chi connectivity index (χ0) is 13.1. The van der Waals surface area contributed by atoms with E-state index in [-0.39, 0.29) is 5.69 Å². The third kappa shape index (κ3) is 2.82. The molecule has 1 aromatic heterocycles. The van der Waals surface area contributed by atoms with Gasteiger partial charge >= 0.3 is 0 Å². The molecule has 1 unspecified atom stereocenters. The molecule has 1 aromatic rings. The second-order valence-electron chi connectivity index (χ2n) is 4.10. The number of aromatic nitrogens is 1. The highest BCUT2D eigenvalue weighted by Gasteiger charge is 2.20. The van der Waals surface area contributed by atoms with Crippen LogP contribution in [0.3, 0.4) is 0 Å². The van der Waals surface area contributed by atoms with Gasteiger partial charge in [0.15, 0.2) is 0 Å². The number of hydrogen-bond donors (Lipinski definition) is 2. The van der Waals surface area contributed by atoms with Gasteiger partial charge in [0.2, 0.25) is 0 Å². The number of nitrogens with two attached hydrogens (primary N) is 1. The van der Waals surface area contributed by atoms with Gasteiger partial charge in [-0.05, 0) is 0 Å². The van der Waals surface area contributed by atoms with Gasteiger partial charge in [0, 0.05) is 24.1 Å². The zero-order valence-electron chi connectivity index (χ0n) is 10.00. The highest BCUT2D eigenvalue weighted by atomic mass is 32.2. The van der Waals surface area contributed by atoms with Crippen molar-refractivity contribution in [3.63, 3.8) is 0 Å². The van der Waals surface area contributed by atoms with Crippen molar-refractivity contribution < 1.29 is 4.92 Å². The molecule has 8 heteroatoms. The number of thioether (sulfide) groups is 1. The van der Waals surface area contributed by atoms with E-state index in [2.05, 4.69) is 22.2 Å². The maximum atomic E-state index is 10.9. The van der Waals surface area contributed by atoms with Crippen molar-refractivity contribution in [3.8, 4) is 0 Å². The number of hydrazine groups is 1. The molecule has 1 saturated heterocycles. The van der Waals surface area contributed by atoms with Crippen LogP contribution in [0.2, 0.25) is 0 Å². The zero-order valence-corrected chi connectivity index (χ0v) is 10.8. The Labute approximate surface area is 109 Å². The summed E-state index contributed by atoms with van der Waals surface area (Å²) >= 11 is 1.89. The van der Waals surface area contributed by atoms with Gasteiger partial charge in [-0.1, -0.05) is 6.92 Å². The molecule has 7 nitrogen and oxygen atoms in total. The Kier molecular flexibility index (Phi) is 3.87. The molecule has 2 heterocycles. The Balaban J connectivity index is 2.31. The Morgan fingerprint density at radius 2 is 2.44 bits per heavy atom. The molecule has 18 heavy (non-hydrogen) atoms. The lowest BCUT2D eigenvalue weighted by atomic mass is 10.3. The van der Waals surface area contributed by atoms with Crippen LogP contribution in [0.15, 0.2) is 12.1 Å². The van der Waals surface area contributed by atoms with Crippen LogP contribution in [0, 0.1) is 10.1 Å².